The molecule has 1 fully saturated rings. The van der Waals surface area contributed by atoms with Gasteiger partial charge in [-0.15, -0.1) is 0 Å². The minimum Gasteiger partial charge on any atom is -0.484 e. The van der Waals surface area contributed by atoms with E-state index in [2.05, 4.69) is 9.64 Å². The highest BCUT2D eigenvalue weighted by Crippen LogP contribution is 2.27. The van der Waals surface area contributed by atoms with Crippen molar-refractivity contribution >= 4 is 11.6 Å². The number of nitro benzene ring substituents is 1. The van der Waals surface area contributed by atoms with Crippen LogP contribution in [0.2, 0.25) is 0 Å². The summed E-state index contributed by atoms with van der Waals surface area (Å²) < 4.78 is 41.5. The van der Waals surface area contributed by atoms with Crippen molar-refractivity contribution in [1.82, 2.24) is 9.80 Å². The number of carbonyl (C=O) groups excluding carboxylic acids is 1. The Morgan fingerprint density at radius 2 is 1.88 bits per heavy atom. The van der Waals surface area contributed by atoms with Gasteiger partial charge in [-0.2, -0.15) is 13.2 Å². The molecule has 0 aliphatic carbocycles. The van der Waals surface area contributed by atoms with Crippen LogP contribution in [-0.4, -0.2) is 65.6 Å². The first-order valence-corrected chi connectivity index (χ1v) is 8.10. The third kappa shape index (κ3) is 5.07. The number of hydrogen-bond acceptors (Lipinski definition) is 5. The Kier molecular flexibility index (Phi) is 6.06. The van der Waals surface area contributed by atoms with Crippen LogP contribution in [0, 0.1) is 10.1 Å². The molecule has 1 aromatic rings. The second-order valence-electron chi connectivity index (χ2n) is 6.26. The Morgan fingerprint density at radius 3 is 2.38 bits per heavy atom. The summed E-state index contributed by atoms with van der Waals surface area (Å²) in [7, 11) is 0. The monoisotopic (exact) mass is 375 g/mol. The van der Waals surface area contributed by atoms with E-state index >= 15 is 0 Å². The van der Waals surface area contributed by atoms with Crippen molar-refractivity contribution in [3.63, 3.8) is 0 Å². The maximum atomic E-state index is 12.7. The number of hydrogen-bond donors (Lipinski definition) is 0. The first-order valence-electron chi connectivity index (χ1n) is 8.10. The average molecular weight is 375 g/mol. The van der Waals surface area contributed by atoms with Gasteiger partial charge in [-0.1, -0.05) is 0 Å². The molecule has 0 bridgehead atoms. The van der Waals surface area contributed by atoms with Crippen molar-refractivity contribution < 1.29 is 27.6 Å². The molecule has 1 amide bonds. The molecule has 1 aliphatic heterocycles. The minimum absolute atomic E-state index is 0.239. The smallest absolute Gasteiger partial charge is 0.422 e. The van der Waals surface area contributed by atoms with E-state index in [1.54, 1.807) is 0 Å². The second-order valence-corrected chi connectivity index (χ2v) is 6.26. The van der Waals surface area contributed by atoms with Gasteiger partial charge >= 0.3 is 6.18 Å². The normalized spacial score (nSPS) is 16.0. The molecule has 0 aromatic heterocycles. The lowest BCUT2D eigenvalue weighted by atomic mass is 10.1. The topological polar surface area (TPSA) is 75.9 Å². The van der Waals surface area contributed by atoms with E-state index in [4.69, 9.17) is 0 Å². The first-order chi connectivity index (χ1) is 12.1. The molecule has 10 heteroatoms. The molecule has 26 heavy (non-hydrogen) atoms. The molecule has 2 rings (SSSR count). The molecule has 7 nitrogen and oxygen atoms in total. The number of nitro groups is 1. The molecule has 144 valence electrons. The molecular formula is C16H20F3N3O4. The van der Waals surface area contributed by atoms with Crippen LogP contribution in [0.3, 0.4) is 0 Å². The fraction of sp³-hybridized carbons (Fsp3) is 0.562. The van der Waals surface area contributed by atoms with Crippen LogP contribution < -0.4 is 4.74 Å². The SMILES string of the molecule is CC(C)N1CCN(C(=O)c2cc(OCC(F)(F)F)ccc2[N+](=O)[O-])CC1. The zero-order valence-corrected chi connectivity index (χ0v) is 14.5. The average Bonchev–Trinajstić information content (AvgIpc) is 2.58. The third-order valence-electron chi connectivity index (χ3n) is 4.13. The number of benzene rings is 1. The summed E-state index contributed by atoms with van der Waals surface area (Å²) in [5.41, 5.74) is -0.728. The Balaban J connectivity index is 2.19. The van der Waals surface area contributed by atoms with Crippen LogP contribution in [0.1, 0.15) is 24.2 Å². The lowest BCUT2D eigenvalue weighted by Crippen LogP contribution is -2.50. The van der Waals surface area contributed by atoms with Crippen LogP contribution in [0.15, 0.2) is 18.2 Å². The Hall–Kier alpha value is -2.36. The van der Waals surface area contributed by atoms with Gasteiger partial charge in [-0.05, 0) is 26.0 Å². The zero-order chi connectivity index (χ0) is 19.5. The number of carbonyl (C=O) groups is 1. The standard InChI is InChI=1S/C16H20F3N3O4/c1-11(2)20-5-7-21(8-6-20)15(23)13-9-12(26-10-16(17,18)19)3-4-14(13)22(24)25/h3-4,9,11H,5-8,10H2,1-2H3. The van der Waals surface area contributed by atoms with Gasteiger partial charge in [-0.3, -0.25) is 19.8 Å². The van der Waals surface area contributed by atoms with Crippen molar-refractivity contribution in [3.8, 4) is 5.75 Å². The maximum Gasteiger partial charge on any atom is 0.422 e. The lowest BCUT2D eigenvalue weighted by molar-refractivity contribution is -0.385. The summed E-state index contributed by atoms with van der Waals surface area (Å²) in [6.45, 7) is 4.56. The molecule has 1 aliphatic rings. The predicted octanol–water partition coefficient (Wildman–Crippen LogP) is 2.70. The van der Waals surface area contributed by atoms with E-state index in [0.717, 1.165) is 18.2 Å². The summed E-state index contributed by atoms with van der Waals surface area (Å²) in [5, 5.41) is 11.2. The fourth-order valence-electron chi connectivity index (χ4n) is 2.71. The van der Waals surface area contributed by atoms with Gasteiger partial charge in [0.15, 0.2) is 6.61 Å². The molecule has 1 aromatic carbocycles. The molecule has 1 heterocycles. The molecule has 0 N–H and O–H groups in total. The number of rotatable bonds is 5. The molecular weight excluding hydrogens is 355 g/mol. The summed E-state index contributed by atoms with van der Waals surface area (Å²) in [6.07, 6.45) is -4.54. The van der Waals surface area contributed by atoms with Crippen molar-refractivity contribution in [1.29, 1.82) is 0 Å². The summed E-state index contributed by atoms with van der Waals surface area (Å²) in [5.74, 6) is -0.824. The third-order valence-corrected chi connectivity index (χ3v) is 4.13. The molecule has 0 radical (unpaired) electrons. The quantitative estimate of drug-likeness (QED) is 0.584. The van der Waals surface area contributed by atoms with Crippen LogP contribution in [0.25, 0.3) is 0 Å². The number of piperazine rings is 1. The van der Waals surface area contributed by atoms with Crippen LogP contribution in [0.5, 0.6) is 5.75 Å². The van der Waals surface area contributed by atoms with Crippen molar-refractivity contribution in [2.45, 2.75) is 26.1 Å². The van der Waals surface area contributed by atoms with Gasteiger partial charge in [-0.25, -0.2) is 0 Å². The number of nitrogens with zero attached hydrogens (tertiary/aromatic N) is 3. The van der Waals surface area contributed by atoms with Crippen molar-refractivity contribution in [2.24, 2.45) is 0 Å². The molecule has 0 saturated carbocycles. The van der Waals surface area contributed by atoms with Gasteiger partial charge in [0, 0.05) is 38.3 Å². The molecule has 0 spiro atoms. The van der Waals surface area contributed by atoms with Crippen molar-refractivity contribution in [3.05, 3.63) is 33.9 Å². The van der Waals surface area contributed by atoms with Gasteiger partial charge in [0.25, 0.3) is 11.6 Å². The van der Waals surface area contributed by atoms with Gasteiger partial charge in [0.2, 0.25) is 0 Å². The summed E-state index contributed by atoms with van der Waals surface area (Å²) in [4.78, 5) is 26.8. The number of amides is 1. The highest BCUT2D eigenvalue weighted by Gasteiger charge is 2.31. The van der Waals surface area contributed by atoms with Crippen LogP contribution in [0.4, 0.5) is 18.9 Å². The Morgan fingerprint density at radius 1 is 1.27 bits per heavy atom. The first kappa shape index (κ1) is 20.0. The second kappa shape index (κ2) is 7.90. The predicted molar refractivity (Wildman–Crippen MR) is 87.3 cm³/mol. The Bertz CT molecular complexity index is 671. The van der Waals surface area contributed by atoms with Gasteiger partial charge < -0.3 is 9.64 Å². The van der Waals surface area contributed by atoms with Crippen LogP contribution in [-0.2, 0) is 0 Å². The van der Waals surface area contributed by atoms with Crippen molar-refractivity contribution in [2.75, 3.05) is 32.8 Å². The number of ether oxygens (including phenoxy) is 1. The highest BCUT2D eigenvalue weighted by molar-refractivity contribution is 5.98. The van der Waals surface area contributed by atoms with E-state index in [1.165, 1.54) is 4.90 Å². The Labute approximate surface area is 148 Å². The fourth-order valence-corrected chi connectivity index (χ4v) is 2.71. The van der Waals surface area contributed by atoms with E-state index in [9.17, 15) is 28.1 Å². The zero-order valence-electron chi connectivity index (χ0n) is 14.5. The molecule has 0 unspecified atom stereocenters. The van der Waals surface area contributed by atoms with E-state index < -0.39 is 29.3 Å². The van der Waals surface area contributed by atoms with E-state index in [1.807, 2.05) is 13.8 Å². The summed E-state index contributed by atoms with van der Waals surface area (Å²) in [6, 6.07) is 3.36. The summed E-state index contributed by atoms with van der Waals surface area (Å²) >= 11 is 0. The molecule has 0 atom stereocenters. The molecule has 1 saturated heterocycles. The maximum absolute atomic E-state index is 12.7. The number of halogens is 3. The van der Waals surface area contributed by atoms with E-state index in [-0.39, 0.29) is 11.3 Å². The van der Waals surface area contributed by atoms with Gasteiger partial charge in [0.1, 0.15) is 11.3 Å². The number of alkyl halides is 3. The minimum atomic E-state index is -4.54. The van der Waals surface area contributed by atoms with E-state index in [0.29, 0.717) is 32.2 Å². The lowest BCUT2D eigenvalue weighted by Gasteiger charge is -2.36. The van der Waals surface area contributed by atoms with Crippen LogP contribution >= 0.6 is 0 Å². The highest BCUT2D eigenvalue weighted by atomic mass is 19.4. The van der Waals surface area contributed by atoms with Gasteiger partial charge in [0.05, 0.1) is 4.92 Å². The largest absolute Gasteiger partial charge is 0.484 e.